The SMILES string of the molecule is CCNC(=NCc1cccc(N2CC=CC2)c1)NCC(C)(O)c1ccc(C)o1. The van der Waals surface area contributed by atoms with Crippen molar-refractivity contribution in [1.29, 1.82) is 0 Å². The fourth-order valence-electron chi connectivity index (χ4n) is 3.12. The Labute approximate surface area is 167 Å². The summed E-state index contributed by atoms with van der Waals surface area (Å²) in [5.41, 5.74) is 1.24. The number of guanidine groups is 1. The Kier molecular flexibility index (Phi) is 6.41. The van der Waals surface area contributed by atoms with E-state index in [1.54, 1.807) is 13.0 Å². The monoisotopic (exact) mass is 382 g/mol. The summed E-state index contributed by atoms with van der Waals surface area (Å²) in [5.74, 6) is 1.99. The predicted molar refractivity (Wildman–Crippen MR) is 114 cm³/mol. The summed E-state index contributed by atoms with van der Waals surface area (Å²) < 4.78 is 5.57. The number of benzene rings is 1. The molecule has 2 aromatic rings. The number of nitrogens with one attached hydrogen (secondary N) is 2. The zero-order chi connectivity index (χ0) is 20.0. The van der Waals surface area contributed by atoms with Crippen molar-refractivity contribution in [3.63, 3.8) is 0 Å². The highest BCUT2D eigenvalue weighted by Crippen LogP contribution is 2.22. The Morgan fingerprint density at radius 2 is 2.00 bits per heavy atom. The number of aliphatic hydroxyl groups is 1. The lowest BCUT2D eigenvalue weighted by Crippen LogP contribution is -2.44. The molecule has 0 saturated carbocycles. The van der Waals surface area contributed by atoms with E-state index in [9.17, 15) is 5.11 Å². The lowest BCUT2D eigenvalue weighted by molar-refractivity contribution is 0.0378. The van der Waals surface area contributed by atoms with E-state index in [1.165, 1.54) is 5.69 Å². The van der Waals surface area contributed by atoms with Gasteiger partial charge in [-0.15, -0.1) is 0 Å². The lowest BCUT2D eigenvalue weighted by Gasteiger charge is -2.23. The summed E-state index contributed by atoms with van der Waals surface area (Å²) in [6.07, 6.45) is 4.37. The second-order valence-electron chi connectivity index (χ2n) is 7.28. The highest BCUT2D eigenvalue weighted by atomic mass is 16.4. The fraction of sp³-hybridized carbons (Fsp3) is 0.409. The average Bonchev–Trinajstić information content (AvgIpc) is 3.36. The van der Waals surface area contributed by atoms with Gasteiger partial charge in [0, 0.05) is 25.3 Å². The third kappa shape index (κ3) is 5.16. The Balaban J connectivity index is 1.63. The highest BCUT2D eigenvalue weighted by molar-refractivity contribution is 5.79. The molecule has 150 valence electrons. The molecule has 6 nitrogen and oxygen atoms in total. The van der Waals surface area contributed by atoms with Crippen LogP contribution in [-0.4, -0.2) is 37.2 Å². The van der Waals surface area contributed by atoms with Crippen molar-refractivity contribution in [2.45, 2.75) is 32.9 Å². The standard InChI is InChI=1S/C22H30N4O2/c1-4-23-21(25-16-22(3,27)20-11-10-17(2)28-20)24-15-18-8-7-9-19(14-18)26-12-5-6-13-26/h5-11,14,27H,4,12-13,15-16H2,1-3H3,(H2,23,24,25). The Morgan fingerprint density at radius 3 is 2.68 bits per heavy atom. The van der Waals surface area contributed by atoms with Crippen molar-refractivity contribution in [3.8, 4) is 0 Å². The quantitative estimate of drug-likeness (QED) is 0.390. The van der Waals surface area contributed by atoms with Gasteiger partial charge in [0.1, 0.15) is 17.1 Å². The van der Waals surface area contributed by atoms with E-state index in [2.05, 4.69) is 56.9 Å². The third-order valence-electron chi connectivity index (χ3n) is 4.73. The van der Waals surface area contributed by atoms with Crippen molar-refractivity contribution >= 4 is 11.6 Å². The number of rotatable bonds is 7. The van der Waals surface area contributed by atoms with E-state index in [1.807, 2.05) is 19.9 Å². The first-order valence-electron chi connectivity index (χ1n) is 9.78. The van der Waals surface area contributed by atoms with Gasteiger partial charge in [-0.1, -0.05) is 24.3 Å². The molecule has 0 spiro atoms. The Hall–Kier alpha value is -2.73. The summed E-state index contributed by atoms with van der Waals surface area (Å²) >= 11 is 0. The van der Waals surface area contributed by atoms with Crippen LogP contribution in [0.1, 0.15) is 30.9 Å². The number of hydrogen-bond acceptors (Lipinski definition) is 4. The molecule has 0 aliphatic carbocycles. The van der Waals surface area contributed by atoms with Crippen molar-refractivity contribution in [2.24, 2.45) is 4.99 Å². The van der Waals surface area contributed by atoms with E-state index in [4.69, 9.17) is 4.42 Å². The molecule has 3 rings (SSSR count). The van der Waals surface area contributed by atoms with Crippen LogP contribution in [0.3, 0.4) is 0 Å². The molecule has 0 saturated heterocycles. The van der Waals surface area contributed by atoms with Crippen LogP contribution in [-0.2, 0) is 12.1 Å². The second kappa shape index (κ2) is 8.97. The summed E-state index contributed by atoms with van der Waals surface area (Å²) in [6, 6.07) is 12.1. The minimum atomic E-state index is -1.12. The minimum absolute atomic E-state index is 0.297. The summed E-state index contributed by atoms with van der Waals surface area (Å²) in [6.45, 7) is 9.13. The van der Waals surface area contributed by atoms with Gasteiger partial charge in [0.25, 0.3) is 0 Å². The normalized spacial score (nSPS) is 16.3. The number of nitrogens with zero attached hydrogens (tertiary/aromatic N) is 2. The van der Waals surface area contributed by atoms with Gasteiger partial charge in [-0.3, -0.25) is 0 Å². The molecule has 28 heavy (non-hydrogen) atoms. The number of hydrogen-bond donors (Lipinski definition) is 3. The second-order valence-corrected chi connectivity index (χ2v) is 7.28. The molecular weight excluding hydrogens is 352 g/mol. The molecule has 1 aromatic heterocycles. The van der Waals surface area contributed by atoms with Gasteiger partial charge in [-0.2, -0.15) is 0 Å². The first kappa shape index (κ1) is 20.0. The molecule has 1 aliphatic rings. The molecule has 2 heterocycles. The Morgan fingerprint density at radius 1 is 1.21 bits per heavy atom. The Bertz CT molecular complexity index is 831. The zero-order valence-corrected chi connectivity index (χ0v) is 16.9. The summed E-state index contributed by atoms with van der Waals surface area (Å²) in [5, 5.41) is 17.2. The van der Waals surface area contributed by atoms with Crippen LogP contribution >= 0.6 is 0 Å². The molecule has 3 N–H and O–H groups in total. The van der Waals surface area contributed by atoms with Crippen LogP contribution < -0.4 is 15.5 Å². The van der Waals surface area contributed by atoms with Crippen LogP contribution in [0.15, 0.2) is 58.0 Å². The predicted octanol–water partition coefficient (Wildman–Crippen LogP) is 2.93. The van der Waals surface area contributed by atoms with Crippen molar-refractivity contribution < 1.29 is 9.52 Å². The number of aryl methyl sites for hydroxylation is 1. The number of anilines is 1. The van der Waals surface area contributed by atoms with Crippen LogP contribution in [0.2, 0.25) is 0 Å². The first-order valence-corrected chi connectivity index (χ1v) is 9.78. The molecule has 0 amide bonds. The van der Waals surface area contributed by atoms with Gasteiger partial charge in [0.2, 0.25) is 0 Å². The van der Waals surface area contributed by atoms with Crippen LogP contribution in [0.25, 0.3) is 0 Å². The summed E-state index contributed by atoms with van der Waals surface area (Å²) in [7, 11) is 0. The zero-order valence-electron chi connectivity index (χ0n) is 16.9. The van der Waals surface area contributed by atoms with Crippen LogP contribution in [0.4, 0.5) is 5.69 Å². The lowest BCUT2D eigenvalue weighted by atomic mass is 10.0. The fourth-order valence-corrected chi connectivity index (χ4v) is 3.12. The molecule has 1 aliphatic heterocycles. The molecular formula is C22H30N4O2. The smallest absolute Gasteiger partial charge is 0.191 e. The van der Waals surface area contributed by atoms with E-state index >= 15 is 0 Å². The van der Waals surface area contributed by atoms with Gasteiger partial charge < -0.3 is 25.1 Å². The molecule has 6 heteroatoms. The molecule has 0 radical (unpaired) electrons. The molecule has 0 fully saturated rings. The van der Waals surface area contributed by atoms with Gasteiger partial charge in [-0.25, -0.2) is 4.99 Å². The molecule has 1 aromatic carbocycles. The van der Waals surface area contributed by atoms with E-state index < -0.39 is 5.60 Å². The maximum atomic E-state index is 10.7. The van der Waals surface area contributed by atoms with E-state index in [-0.39, 0.29) is 0 Å². The van der Waals surface area contributed by atoms with Crippen LogP contribution in [0.5, 0.6) is 0 Å². The maximum absolute atomic E-state index is 10.7. The van der Waals surface area contributed by atoms with Gasteiger partial charge >= 0.3 is 0 Å². The van der Waals surface area contributed by atoms with Crippen molar-refractivity contribution in [3.05, 3.63) is 65.6 Å². The maximum Gasteiger partial charge on any atom is 0.191 e. The molecule has 1 unspecified atom stereocenters. The van der Waals surface area contributed by atoms with Gasteiger partial charge in [-0.05, 0) is 50.6 Å². The van der Waals surface area contributed by atoms with Crippen molar-refractivity contribution in [1.82, 2.24) is 10.6 Å². The summed E-state index contributed by atoms with van der Waals surface area (Å²) in [4.78, 5) is 6.99. The minimum Gasteiger partial charge on any atom is -0.463 e. The third-order valence-corrected chi connectivity index (χ3v) is 4.73. The van der Waals surface area contributed by atoms with Crippen LogP contribution in [0, 0.1) is 6.92 Å². The number of aliphatic imine (C=N–C) groups is 1. The first-order chi connectivity index (χ1) is 13.5. The van der Waals surface area contributed by atoms with Gasteiger partial charge in [0.05, 0.1) is 13.1 Å². The number of furan rings is 1. The van der Waals surface area contributed by atoms with Crippen molar-refractivity contribution in [2.75, 3.05) is 31.1 Å². The largest absolute Gasteiger partial charge is 0.463 e. The van der Waals surface area contributed by atoms with Gasteiger partial charge in [0.15, 0.2) is 5.96 Å². The van der Waals surface area contributed by atoms with E-state index in [0.29, 0.717) is 24.8 Å². The topological polar surface area (TPSA) is 73.0 Å². The molecule has 1 atom stereocenters. The molecule has 0 bridgehead atoms. The average molecular weight is 383 g/mol. The highest BCUT2D eigenvalue weighted by Gasteiger charge is 2.27. The van der Waals surface area contributed by atoms with E-state index in [0.717, 1.165) is 31.0 Å².